The first-order chi connectivity index (χ1) is 9.92. The fourth-order valence-corrected chi connectivity index (χ4v) is 2.69. The molecule has 0 aliphatic carbocycles. The zero-order valence-electron chi connectivity index (χ0n) is 12.2. The molecule has 0 atom stereocenters. The van der Waals surface area contributed by atoms with Crippen molar-refractivity contribution in [2.24, 2.45) is 0 Å². The molecule has 0 amide bonds. The Kier molecular flexibility index (Phi) is 4.92. The molecular formula is C17H16Cl2O2. The molecule has 0 aliphatic rings. The number of ether oxygens (including phenoxy) is 1. The summed E-state index contributed by atoms with van der Waals surface area (Å²) in [6, 6.07) is 8.85. The Morgan fingerprint density at radius 3 is 2.19 bits per heavy atom. The summed E-state index contributed by atoms with van der Waals surface area (Å²) in [5.74, 6) is 0.345. The van der Waals surface area contributed by atoms with E-state index in [1.807, 2.05) is 39.0 Å². The van der Waals surface area contributed by atoms with Crippen molar-refractivity contribution in [3.8, 4) is 5.75 Å². The molecule has 0 unspecified atom stereocenters. The van der Waals surface area contributed by atoms with E-state index >= 15 is 0 Å². The number of hydrogen-bond acceptors (Lipinski definition) is 2. The van der Waals surface area contributed by atoms with Gasteiger partial charge in [-0.05, 0) is 39.0 Å². The first kappa shape index (κ1) is 15.9. The average Bonchev–Trinajstić information content (AvgIpc) is 2.41. The minimum absolute atomic E-state index is 0.142. The fourth-order valence-electron chi connectivity index (χ4n) is 2.23. The van der Waals surface area contributed by atoms with Gasteiger partial charge in [0.05, 0.1) is 16.7 Å². The summed E-state index contributed by atoms with van der Waals surface area (Å²) in [7, 11) is 0. The summed E-state index contributed by atoms with van der Waals surface area (Å²) < 4.78 is 5.37. The molecule has 0 aromatic heterocycles. The maximum absolute atomic E-state index is 12.6. The topological polar surface area (TPSA) is 26.3 Å². The van der Waals surface area contributed by atoms with Crippen LogP contribution in [0, 0.1) is 13.8 Å². The normalized spacial score (nSPS) is 10.5. The highest BCUT2D eigenvalue weighted by Crippen LogP contribution is 2.32. The van der Waals surface area contributed by atoms with E-state index in [1.165, 1.54) is 0 Å². The zero-order chi connectivity index (χ0) is 15.6. The van der Waals surface area contributed by atoms with Gasteiger partial charge >= 0.3 is 0 Å². The number of carbonyl (C=O) groups is 1. The molecule has 110 valence electrons. The Morgan fingerprint density at radius 1 is 1.00 bits per heavy atom. The maximum atomic E-state index is 12.6. The molecular weight excluding hydrogens is 307 g/mol. The highest BCUT2D eigenvalue weighted by atomic mass is 35.5. The molecule has 2 aromatic carbocycles. The lowest BCUT2D eigenvalue weighted by atomic mass is 9.99. The predicted molar refractivity (Wildman–Crippen MR) is 87.0 cm³/mol. The average molecular weight is 323 g/mol. The van der Waals surface area contributed by atoms with Gasteiger partial charge < -0.3 is 4.74 Å². The Balaban J connectivity index is 2.46. The predicted octanol–water partition coefficient (Wildman–Crippen LogP) is 5.24. The summed E-state index contributed by atoms with van der Waals surface area (Å²) in [4.78, 5) is 12.6. The van der Waals surface area contributed by atoms with Gasteiger partial charge in [-0.2, -0.15) is 0 Å². The molecule has 0 radical (unpaired) electrons. The largest absolute Gasteiger partial charge is 0.492 e. The Morgan fingerprint density at radius 2 is 1.62 bits per heavy atom. The van der Waals surface area contributed by atoms with E-state index in [-0.39, 0.29) is 5.78 Å². The van der Waals surface area contributed by atoms with Crippen LogP contribution >= 0.6 is 23.2 Å². The third-order valence-corrected chi connectivity index (χ3v) is 3.66. The van der Waals surface area contributed by atoms with Crippen molar-refractivity contribution in [3.63, 3.8) is 0 Å². The standard InChI is InChI=1S/C17H16Cl2O2/c1-4-21-16-9-14(18)13(8-15(16)19)17(20)12-6-10(2)5-11(3)7-12/h5-9H,4H2,1-3H3. The molecule has 2 nitrogen and oxygen atoms in total. The second-order valence-electron chi connectivity index (χ2n) is 4.90. The summed E-state index contributed by atoms with van der Waals surface area (Å²) >= 11 is 12.3. The van der Waals surface area contributed by atoms with E-state index in [0.717, 1.165) is 11.1 Å². The van der Waals surface area contributed by atoms with Crippen LogP contribution in [0.5, 0.6) is 5.75 Å². The van der Waals surface area contributed by atoms with Crippen LogP contribution in [0.4, 0.5) is 0 Å². The SMILES string of the molecule is CCOc1cc(Cl)c(C(=O)c2cc(C)cc(C)c2)cc1Cl. The lowest BCUT2D eigenvalue weighted by molar-refractivity contribution is 0.103. The number of halogens is 2. The fraction of sp³-hybridized carbons (Fsp3) is 0.235. The third-order valence-electron chi connectivity index (χ3n) is 3.05. The maximum Gasteiger partial charge on any atom is 0.194 e. The van der Waals surface area contributed by atoms with E-state index in [4.69, 9.17) is 27.9 Å². The van der Waals surface area contributed by atoms with Crippen LogP contribution in [0.25, 0.3) is 0 Å². The van der Waals surface area contributed by atoms with Crippen LogP contribution in [-0.4, -0.2) is 12.4 Å². The lowest BCUT2D eigenvalue weighted by Gasteiger charge is -2.10. The van der Waals surface area contributed by atoms with E-state index in [2.05, 4.69) is 0 Å². The number of aryl methyl sites for hydroxylation is 2. The van der Waals surface area contributed by atoms with Crippen molar-refractivity contribution in [1.29, 1.82) is 0 Å². The van der Waals surface area contributed by atoms with Crippen molar-refractivity contribution in [2.75, 3.05) is 6.61 Å². The highest BCUT2D eigenvalue weighted by Gasteiger charge is 2.17. The van der Waals surface area contributed by atoms with Gasteiger partial charge in [-0.3, -0.25) is 4.79 Å². The highest BCUT2D eigenvalue weighted by molar-refractivity contribution is 6.37. The van der Waals surface area contributed by atoms with Gasteiger partial charge in [-0.25, -0.2) is 0 Å². The Labute approximate surface area is 134 Å². The quantitative estimate of drug-likeness (QED) is 0.719. The summed E-state index contributed by atoms with van der Waals surface area (Å²) in [6.07, 6.45) is 0. The van der Waals surface area contributed by atoms with Crippen molar-refractivity contribution in [3.05, 3.63) is 62.6 Å². The van der Waals surface area contributed by atoms with Crippen LogP contribution < -0.4 is 4.74 Å². The molecule has 0 aliphatic heterocycles. The van der Waals surface area contributed by atoms with Gasteiger partial charge in [0.1, 0.15) is 5.75 Å². The molecule has 2 rings (SSSR count). The smallest absolute Gasteiger partial charge is 0.194 e. The second kappa shape index (κ2) is 6.50. The van der Waals surface area contributed by atoms with Crippen LogP contribution in [0.1, 0.15) is 34.0 Å². The lowest BCUT2D eigenvalue weighted by Crippen LogP contribution is -2.04. The number of carbonyl (C=O) groups excluding carboxylic acids is 1. The van der Waals surface area contributed by atoms with Gasteiger partial charge in [-0.1, -0.05) is 40.4 Å². The first-order valence-corrected chi connectivity index (χ1v) is 7.42. The Bertz CT molecular complexity index is 673. The van der Waals surface area contributed by atoms with Crippen LogP contribution in [0.3, 0.4) is 0 Å². The van der Waals surface area contributed by atoms with Crippen molar-refractivity contribution < 1.29 is 9.53 Å². The molecule has 0 bridgehead atoms. The van der Waals surface area contributed by atoms with Crippen LogP contribution in [-0.2, 0) is 0 Å². The third kappa shape index (κ3) is 3.58. The molecule has 4 heteroatoms. The molecule has 0 heterocycles. The molecule has 0 fully saturated rings. The van der Waals surface area contributed by atoms with Crippen molar-refractivity contribution >= 4 is 29.0 Å². The number of ketones is 1. The number of benzene rings is 2. The van der Waals surface area contributed by atoms with Crippen LogP contribution in [0.15, 0.2) is 30.3 Å². The molecule has 0 N–H and O–H groups in total. The number of rotatable bonds is 4. The minimum Gasteiger partial charge on any atom is -0.492 e. The van der Waals surface area contributed by atoms with Gasteiger partial charge in [0, 0.05) is 17.2 Å². The minimum atomic E-state index is -0.142. The summed E-state index contributed by atoms with van der Waals surface area (Å²) in [5.41, 5.74) is 3.06. The van der Waals surface area contributed by atoms with E-state index in [1.54, 1.807) is 12.1 Å². The molecule has 0 saturated heterocycles. The molecule has 21 heavy (non-hydrogen) atoms. The number of hydrogen-bond donors (Lipinski definition) is 0. The second-order valence-corrected chi connectivity index (χ2v) is 5.72. The summed E-state index contributed by atoms with van der Waals surface area (Å²) in [6.45, 7) is 6.26. The molecule has 0 spiro atoms. The Hall–Kier alpha value is -1.51. The monoisotopic (exact) mass is 322 g/mol. The van der Waals surface area contributed by atoms with E-state index < -0.39 is 0 Å². The van der Waals surface area contributed by atoms with Gasteiger partial charge in [0.15, 0.2) is 5.78 Å². The van der Waals surface area contributed by atoms with Crippen LogP contribution in [0.2, 0.25) is 10.0 Å². The van der Waals surface area contributed by atoms with Gasteiger partial charge in [0.2, 0.25) is 0 Å². The summed E-state index contributed by atoms with van der Waals surface area (Å²) in [5, 5.41) is 0.723. The van der Waals surface area contributed by atoms with Gasteiger partial charge in [0.25, 0.3) is 0 Å². The van der Waals surface area contributed by atoms with E-state index in [9.17, 15) is 4.79 Å². The van der Waals surface area contributed by atoms with Crippen molar-refractivity contribution in [1.82, 2.24) is 0 Å². The van der Waals surface area contributed by atoms with Crippen molar-refractivity contribution in [2.45, 2.75) is 20.8 Å². The van der Waals surface area contributed by atoms with Gasteiger partial charge in [-0.15, -0.1) is 0 Å². The molecule has 2 aromatic rings. The molecule has 0 saturated carbocycles. The van der Waals surface area contributed by atoms with E-state index in [0.29, 0.717) is 33.5 Å². The zero-order valence-corrected chi connectivity index (χ0v) is 13.7. The first-order valence-electron chi connectivity index (χ1n) is 6.67.